The summed E-state index contributed by atoms with van der Waals surface area (Å²) in [4.78, 5) is 10.8. The number of hydrogen-bond donors (Lipinski definition) is 3. The minimum Gasteiger partial charge on any atom is -0.491 e. The second kappa shape index (κ2) is 6.88. The molecule has 0 saturated heterocycles. The number of carboxylic acids is 1. The van der Waals surface area contributed by atoms with E-state index in [1.54, 1.807) is 19.2 Å². The zero-order chi connectivity index (χ0) is 12.7. The number of hydrogen-bond acceptors (Lipinski definition) is 4. The lowest BCUT2D eigenvalue weighted by molar-refractivity contribution is -0.139. The van der Waals surface area contributed by atoms with E-state index >= 15 is 0 Å². The fourth-order valence-corrected chi connectivity index (χ4v) is 1.43. The maximum atomic E-state index is 10.8. The van der Waals surface area contributed by atoms with Gasteiger partial charge in [-0.2, -0.15) is 0 Å². The fraction of sp³-hybridized carbons (Fsp3) is 0.417. The van der Waals surface area contributed by atoms with E-state index in [2.05, 4.69) is 5.32 Å². The molecule has 0 bridgehead atoms. The van der Waals surface area contributed by atoms with Gasteiger partial charge in [0.25, 0.3) is 0 Å². The van der Waals surface area contributed by atoms with Crippen molar-refractivity contribution in [3.8, 4) is 5.75 Å². The van der Waals surface area contributed by atoms with Gasteiger partial charge >= 0.3 is 5.97 Å². The number of carbonyl (C=O) groups is 1. The Morgan fingerprint density at radius 3 is 2.53 bits per heavy atom. The van der Waals surface area contributed by atoms with Crippen LogP contribution in [-0.4, -0.2) is 42.5 Å². The highest BCUT2D eigenvalue weighted by atomic mass is 16.5. The van der Waals surface area contributed by atoms with E-state index in [1.807, 2.05) is 12.1 Å². The Hall–Kier alpha value is -1.59. The second-order valence-electron chi connectivity index (χ2n) is 3.60. The molecular weight excluding hydrogens is 222 g/mol. The molecule has 3 N–H and O–H groups in total. The summed E-state index contributed by atoms with van der Waals surface area (Å²) in [6.07, 6.45) is 0.423. The average molecular weight is 239 g/mol. The van der Waals surface area contributed by atoms with Gasteiger partial charge in [-0.3, -0.25) is 4.79 Å². The predicted octanol–water partition coefficient (Wildman–Crippen LogP) is 0.273. The van der Waals surface area contributed by atoms with Gasteiger partial charge in [0.1, 0.15) is 18.4 Å². The number of benzene rings is 1. The summed E-state index contributed by atoms with van der Waals surface area (Å²) in [5.74, 6) is -0.202. The zero-order valence-corrected chi connectivity index (χ0v) is 9.72. The first-order valence-corrected chi connectivity index (χ1v) is 5.40. The minimum absolute atomic E-state index is 0.0252. The molecule has 0 aliphatic rings. The minimum atomic E-state index is -0.867. The molecule has 0 fully saturated rings. The zero-order valence-electron chi connectivity index (χ0n) is 9.72. The number of ether oxygens (including phenoxy) is 1. The van der Waals surface area contributed by atoms with Crippen LogP contribution in [0, 0.1) is 0 Å². The van der Waals surface area contributed by atoms with Crippen molar-refractivity contribution in [2.24, 2.45) is 0 Å². The number of likely N-dealkylation sites (N-methyl/N-ethyl adjacent to an activating group) is 1. The van der Waals surface area contributed by atoms with Gasteiger partial charge in [0, 0.05) is 0 Å². The van der Waals surface area contributed by atoms with Gasteiger partial charge in [-0.25, -0.2) is 0 Å². The molecule has 0 aliphatic heterocycles. The van der Waals surface area contributed by atoms with E-state index in [9.17, 15) is 4.79 Å². The van der Waals surface area contributed by atoms with Crippen LogP contribution in [-0.2, 0) is 11.2 Å². The number of nitrogens with one attached hydrogen (secondary N) is 1. The molecule has 0 saturated carbocycles. The van der Waals surface area contributed by atoms with Crippen molar-refractivity contribution in [1.82, 2.24) is 5.32 Å². The molecule has 17 heavy (non-hydrogen) atoms. The number of aliphatic hydroxyl groups excluding tert-OH is 1. The Bertz CT molecular complexity index is 350. The predicted molar refractivity (Wildman–Crippen MR) is 63.2 cm³/mol. The Balaban J connectivity index is 2.58. The highest BCUT2D eigenvalue weighted by Crippen LogP contribution is 2.13. The van der Waals surface area contributed by atoms with Crippen molar-refractivity contribution in [2.75, 3.05) is 20.3 Å². The third-order valence-electron chi connectivity index (χ3n) is 2.37. The van der Waals surface area contributed by atoms with E-state index in [-0.39, 0.29) is 13.2 Å². The molecule has 0 aromatic heterocycles. The maximum Gasteiger partial charge on any atom is 0.321 e. The van der Waals surface area contributed by atoms with Crippen molar-refractivity contribution in [3.05, 3.63) is 29.8 Å². The van der Waals surface area contributed by atoms with Gasteiger partial charge in [-0.1, -0.05) is 12.1 Å². The first-order valence-electron chi connectivity index (χ1n) is 5.40. The van der Waals surface area contributed by atoms with Gasteiger partial charge in [0.2, 0.25) is 0 Å². The molecule has 0 radical (unpaired) electrons. The fourth-order valence-electron chi connectivity index (χ4n) is 1.43. The Morgan fingerprint density at radius 1 is 1.41 bits per heavy atom. The summed E-state index contributed by atoms with van der Waals surface area (Å²) in [5.41, 5.74) is 0.920. The number of carboxylic acid groups (broad SMARTS) is 1. The van der Waals surface area contributed by atoms with Crippen LogP contribution in [0.15, 0.2) is 24.3 Å². The maximum absolute atomic E-state index is 10.8. The molecule has 94 valence electrons. The Labute approximate surface area is 100 Å². The van der Waals surface area contributed by atoms with Crippen LogP contribution < -0.4 is 10.1 Å². The van der Waals surface area contributed by atoms with Crippen molar-refractivity contribution >= 4 is 5.97 Å². The summed E-state index contributed by atoms with van der Waals surface area (Å²) < 4.78 is 5.21. The van der Waals surface area contributed by atoms with E-state index in [1.165, 1.54) is 0 Å². The summed E-state index contributed by atoms with van der Waals surface area (Å²) in [7, 11) is 1.62. The molecule has 5 heteroatoms. The SMILES string of the molecule is CNC(Cc1ccc(OCCO)cc1)C(=O)O. The first kappa shape index (κ1) is 13.5. The molecule has 1 atom stereocenters. The van der Waals surface area contributed by atoms with E-state index in [0.717, 1.165) is 5.56 Å². The molecule has 0 aliphatic carbocycles. The Morgan fingerprint density at radius 2 is 2.06 bits per heavy atom. The molecule has 1 aromatic carbocycles. The van der Waals surface area contributed by atoms with Crippen molar-refractivity contribution in [2.45, 2.75) is 12.5 Å². The van der Waals surface area contributed by atoms with Crippen LogP contribution in [0.4, 0.5) is 0 Å². The lowest BCUT2D eigenvalue weighted by Crippen LogP contribution is -2.35. The second-order valence-corrected chi connectivity index (χ2v) is 3.60. The molecule has 1 aromatic rings. The monoisotopic (exact) mass is 239 g/mol. The van der Waals surface area contributed by atoms with Gasteiger partial charge in [-0.15, -0.1) is 0 Å². The molecule has 0 spiro atoms. The molecule has 0 amide bonds. The first-order chi connectivity index (χ1) is 8.17. The molecule has 1 rings (SSSR count). The van der Waals surface area contributed by atoms with Gasteiger partial charge in [0.15, 0.2) is 0 Å². The van der Waals surface area contributed by atoms with E-state index in [0.29, 0.717) is 12.2 Å². The highest BCUT2D eigenvalue weighted by Gasteiger charge is 2.14. The summed E-state index contributed by atoms with van der Waals surface area (Å²) in [5, 5.41) is 20.2. The van der Waals surface area contributed by atoms with Crippen LogP contribution in [0.1, 0.15) is 5.56 Å². The van der Waals surface area contributed by atoms with Crippen LogP contribution in [0.25, 0.3) is 0 Å². The van der Waals surface area contributed by atoms with Crippen LogP contribution in [0.3, 0.4) is 0 Å². The summed E-state index contributed by atoms with van der Waals surface area (Å²) in [6.45, 7) is 0.232. The normalized spacial score (nSPS) is 12.1. The highest BCUT2D eigenvalue weighted by molar-refractivity contribution is 5.73. The van der Waals surface area contributed by atoms with E-state index in [4.69, 9.17) is 14.9 Å². The lowest BCUT2D eigenvalue weighted by atomic mass is 10.1. The third kappa shape index (κ3) is 4.42. The molecule has 5 nitrogen and oxygen atoms in total. The lowest BCUT2D eigenvalue weighted by Gasteiger charge is -2.11. The topological polar surface area (TPSA) is 78.8 Å². The molecule has 0 heterocycles. The standard InChI is InChI=1S/C12H17NO4/c1-13-11(12(15)16)8-9-2-4-10(5-3-9)17-7-6-14/h2-5,11,13-14H,6-8H2,1H3,(H,15,16). The Kier molecular flexibility index (Phi) is 5.45. The quantitative estimate of drug-likeness (QED) is 0.636. The van der Waals surface area contributed by atoms with Crippen LogP contribution in [0.2, 0.25) is 0 Å². The third-order valence-corrected chi connectivity index (χ3v) is 2.37. The van der Waals surface area contributed by atoms with Gasteiger partial charge in [-0.05, 0) is 31.2 Å². The average Bonchev–Trinajstić information content (AvgIpc) is 2.34. The van der Waals surface area contributed by atoms with Crippen molar-refractivity contribution < 1.29 is 19.7 Å². The van der Waals surface area contributed by atoms with Gasteiger partial charge in [0.05, 0.1) is 6.61 Å². The van der Waals surface area contributed by atoms with E-state index < -0.39 is 12.0 Å². The molecular formula is C12H17NO4. The molecule has 1 unspecified atom stereocenters. The summed E-state index contributed by atoms with van der Waals surface area (Å²) >= 11 is 0. The summed E-state index contributed by atoms with van der Waals surface area (Å²) in [6, 6.07) is 6.58. The number of aliphatic carboxylic acids is 1. The largest absolute Gasteiger partial charge is 0.491 e. The van der Waals surface area contributed by atoms with Crippen molar-refractivity contribution in [3.63, 3.8) is 0 Å². The number of aliphatic hydroxyl groups is 1. The van der Waals surface area contributed by atoms with Gasteiger partial charge < -0.3 is 20.3 Å². The van der Waals surface area contributed by atoms with Crippen molar-refractivity contribution in [1.29, 1.82) is 0 Å². The smallest absolute Gasteiger partial charge is 0.321 e. The van der Waals surface area contributed by atoms with Crippen LogP contribution >= 0.6 is 0 Å². The number of rotatable bonds is 7. The van der Waals surface area contributed by atoms with Crippen LogP contribution in [0.5, 0.6) is 5.75 Å².